The summed E-state index contributed by atoms with van der Waals surface area (Å²) in [6.45, 7) is 12.2. The second kappa shape index (κ2) is 15.4. The lowest BCUT2D eigenvalue weighted by molar-refractivity contribution is 0.100. The average Bonchev–Trinajstić information content (AvgIpc) is 2.99. The molecule has 2 aromatic rings. The monoisotopic (exact) mass is 542 g/mol. The third-order valence-corrected chi connectivity index (χ3v) is 8.29. The van der Waals surface area contributed by atoms with Crippen LogP contribution in [0.3, 0.4) is 0 Å². The van der Waals surface area contributed by atoms with Crippen LogP contribution in [0.15, 0.2) is 36.4 Å². The Bertz CT molecular complexity index is 1240. The fraction of sp³-hybridized carbons (Fsp3) is 0.515. The molecule has 7 nitrogen and oxygen atoms in total. The largest absolute Gasteiger partial charge is 0.383 e. The number of rotatable bonds is 8. The zero-order chi connectivity index (χ0) is 29.1. The lowest BCUT2D eigenvalue weighted by Crippen LogP contribution is -2.35. The van der Waals surface area contributed by atoms with Crippen LogP contribution < -0.4 is 0 Å². The topological polar surface area (TPSA) is 97.4 Å². The first-order valence-electron chi connectivity index (χ1n) is 14.4. The molecule has 2 aliphatic heterocycles. The lowest BCUT2D eigenvalue weighted by Gasteiger charge is -2.32. The van der Waals surface area contributed by atoms with Crippen molar-refractivity contribution in [1.29, 1.82) is 10.5 Å². The number of nitriles is 2. The van der Waals surface area contributed by atoms with Crippen LogP contribution in [0.1, 0.15) is 101 Å². The number of likely N-dealkylation sites (tertiary alicyclic amines) is 2. The highest BCUT2D eigenvalue weighted by Crippen LogP contribution is 2.32. The molecule has 0 aromatic heterocycles. The van der Waals surface area contributed by atoms with Crippen LogP contribution in [-0.2, 0) is 4.74 Å². The van der Waals surface area contributed by atoms with E-state index in [2.05, 4.69) is 28.9 Å². The Kier molecular flexibility index (Phi) is 12.0. The fourth-order valence-corrected chi connectivity index (χ4v) is 5.91. The second-order valence-corrected chi connectivity index (χ2v) is 10.7. The average molecular weight is 543 g/mol. The van der Waals surface area contributed by atoms with Gasteiger partial charge in [0, 0.05) is 24.8 Å². The molecule has 0 N–H and O–H groups in total. The molecule has 2 heterocycles. The Morgan fingerprint density at radius 3 is 1.57 bits per heavy atom. The zero-order valence-electron chi connectivity index (χ0n) is 24.4. The van der Waals surface area contributed by atoms with Crippen molar-refractivity contribution >= 4 is 11.6 Å². The molecular formula is C33H42N4O3. The first-order chi connectivity index (χ1) is 19.3. The van der Waals surface area contributed by atoms with Crippen molar-refractivity contribution in [2.24, 2.45) is 0 Å². The van der Waals surface area contributed by atoms with Gasteiger partial charge in [-0.3, -0.25) is 9.59 Å². The molecule has 0 unspecified atom stereocenters. The maximum Gasteiger partial charge on any atom is 0.161 e. The van der Waals surface area contributed by atoms with Crippen molar-refractivity contribution in [3.63, 3.8) is 0 Å². The van der Waals surface area contributed by atoms with Gasteiger partial charge in [-0.15, -0.1) is 0 Å². The van der Waals surface area contributed by atoms with E-state index in [1.807, 2.05) is 24.3 Å². The van der Waals surface area contributed by atoms with Crippen LogP contribution in [0, 0.1) is 22.7 Å². The number of hydrogen-bond acceptors (Lipinski definition) is 7. The molecule has 212 valence electrons. The number of Topliss-reactive ketones (excluding diaryl/α,β-unsaturated/α-hetero) is 2. The molecule has 0 radical (unpaired) electrons. The quantitative estimate of drug-likeness (QED) is 0.404. The molecule has 0 atom stereocenters. The molecule has 2 saturated heterocycles. The van der Waals surface area contributed by atoms with Crippen LogP contribution in [-0.4, -0.2) is 74.4 Å². The van der Waals surface area contributed by atoms with Crippen molar-refractivity contribution in [3.8, 4) is 12.1 Å². The zero-order valence-corrected chi connectivity index (χ0v) is 24.4. The predicted molar refractivity (Wildman–Crippen MR) is 157 cm³/mol. The number of piperidine rings is 2. The number of ketones is 2. The molecule has 0 spiro atoms. The fourth-order valence-electron chi connectivity index (χ4n) is 5.91. The standard InChI is InChI=1S/C17H22N2O2.C16H20N2O/c1-13(20)15-4-3-5-16(17(15)12-18)14-6-8-19(9-7-14)10-11-21-2;1-3-18-9-7-13(8-10-18)15-6-4-5-14(12(2)19)16(15)11-17/h3-5,14H,6-11H2,1-2H3;4-6,13H,3,7-10H2,1-2H3. The van der Waals surface area contributed by atoms with E-state index < -0.39 is 0 Å². The van der Waals surface area contributed by atoms with E-state index in [9.17, 15) is 20.1 Å². The second-order valence-electron chi connectivity index (χ2n) is 10.7. The summed E-state index contributed by atoms with van der Waals surface area (Å²) in [4.78, 5) is 28.1. The van der Waals surface area contributed by atoms with Crippen molar-refractivity contribution in [1.82, 2.24) is 9.80 Å². The first kappa shape index (κ1) is 31.2. The Balaban J connectivity index is 0.000000222. The Morgan fingerprint density at radius 2 is 1.23 bits per heavy atom. The third kappa shape index (κ3) is 7.86. The Morgan fingerprint density at radius 1 is 0.800 bits per heavy atom. The SMILES string of the molecule is CCN1CCC(c2cccc(C(C)=O)c2C#N)CC1.COCCN1CCC(c2cccc(C(C)=O)c2C#N)CC1. The van der Waals surface area contributed by atoms with Crippen LogP contribution in [0.25, 0.3) is 0 Å². The Labute approximate surface area is 239 Å². The highest BCUT2D eigenvalue weighted by Gasteiger charge is 2.25. The first-order valence-corrected chi connectivity index (χ1v) is 14.4. The minimum absolute atomic E-state index is 0.0237. The Hall–Kier alpha value is -3.36. The molecule has 2 aliphatic rings. The van der Waals surface area contributed by atoms with Crippen molar-refractivity contribution in [3.05, 3.63) is 69.8 Å². The summed E-state index contributed by atoms with van der Waals surface area (Å²) in [7, 11) is 1.72. The number of ether oxygens (including phenoxy) is 1. The summed E-state index contributed by atoms with van der Waals surface area (Å²) in [5.74, 6) is 0.727. The van der Waals surface area contributed by atoms with Crippen LogP contribution >= 0.6 is 0 Å². The minimum atomic E-state index is -0.0362. The molecule has 7 heteroatoms. The molecule has 40 heavy (non-hydrogen) atoms. The van der Waals surface area contributed by atoms with Gasteiger partial charge in [-0.1, -0.05) is 43.3 Å². The molecule has 2 fully saturated rings. The molecule has 0 saturated carbocycles. The minimum Gasteiger partial charge on any atom is -0.383 e. The summed E-state index contributed by atoms with van der Waals surface area (Å²) in [6, 6.07) is 15.8. The van der Waals surface area contributed by atoms with Gasteiger partial charge in [0.05, 0.1) is 17.7 Å². The van der Waals surface area contributed by atoms with E-state index in [4.69, 9.17) is 4.74 Å². The van der Waals surface area contributed by atoms with Crippen molar-refractivity contribution in [2.75, 3.05) is 53.0 Å². The molecule has 4 rings (SSSR count). The van der Waals surface area contributed by atoms with Crippen LogP contribution in [0.4, 0.5) is 0 Å². The van der Waals surface area contributed by atoms with E-state index in [0.29, 0.717) is 34.1 Å². The highest BCUT2D eigenvalue weighted by atomic mass is 16.5. The van der Waals surface area contributed by atoms with E-state index >= 15 is 0 Å². The van der Waals surface area contributed by atoms with E-state index in [-0.39, 0.29) is 11.6 Å². The maximum absolute atomic E-state index is 11.7. The number of nitrogens with zero attached hydrogens (tertiary/aromatic N) is 4. The summed E-state index contributed by atoms with van der Waals surface area (Å²) in [5, 5.41) is 18.8. The third-order valence-electron chi connectivity index (χ3n) is 8.29. The van der Waals surface area contributed by atoms with Crippen LogP contribution in [0.5, 0.6) is 0 Å². The molecule has 2 aromatic carbocycles. The van der Waals surface area contributed by atoms with Gasteiger partial charge >= 0.3 is 0 Å². The van der Waals surface area contributed by atoms with Gasteiger partial charge in [0.25, 0.3) is 0 Å². The summed E-state index contributed by atoms with van der Waals surface area (Å²) >= 11 is 0. The number of hydrogen-bond donors (Lipinski definition) is 0. The van der Waals surface area contributed by atoms with Crippen molar-refractivity contribution < 1.29 is 14.3 Å². The van der Waals surface area contributed by atoms with Gasteiger partial charge in [-0.05, 0) is 95.2 Å². The molecule has 0 aliphatic carbocycles. The van der Waals surface area contributed by atoms with Gasteiger partial charge in [-0.25, -0.2) is 0 Å². The van der Waals surface area contributed by atoms with Gasteiger partial charge in [0.2, 0.25) is 0 Å². The van der Waals surface area contributed by atoms with Gasteiger partial charge < -0.3 is 14.5 Å². The van der Waals surface area contributed by atoms with E-state index in [1.165, 1.54) is 13.8 Å². The number of benzene rings is 2. The molecular weight excluding hydrogens is 500 g/mol. The maximum atomic E-state index is 11.7. The van der Waals surface area contributed by atoms with Gasteiger partial charge in [0.15, 0.2) is 11.6 Å². The normalized spacial score (nSPS) is 16.9. The predicted octanol–water partition coefficient (Wildman–Crippen LogP) is 5.55. The summed E-state index contributed by atoms with van der Waals surface area (Å²) in [5.41, 5.74) is 4.38. The highest BCUT2D eigenvalue weighted by molar-refractivity contribution is 5.97. The van der Waals surface area contributed by atoms with Gasteiger partial charge in [-0.2, -0.15) is 10.5 Å². The number of carbonyl (C=O) groups excluding carboxylic acids is 2. The van der Waals surface area contributed by atoms with E-state index in [0.717, 1.165) is 82.7 Å². The number of methoxy groups -OCH3 is 1. The molecule has 0 amide bonds. The lowest BCUT2D eigenvalue weighted by atomic mass is 9.84. The smallest absolute Gasteiger partial charge is 0.161 e. The molecule has 0 bridgehead atoms. The van der Waals surface area contributed by atoms with Crippen LogP contribution in [0.2, 0.25) is 0 Å². The van der Waals surface area contributed by atoms with E-state index in [1.54, 1.807) is 19.2 Å². The van der Waals surface area contributed by atoms with Crippen molar-refractivity contribution in [2.45, 2.75) is 58.3 Å². The number of carbonyl (C=O) groups is 2. The summed E-state index contributed by atoms with van der Waals surface area (Å²) < 4.78 is 5.11. The summed E-state index contributed by atoms with van der Waals surface area (Å²) in [6.07, 6.45) is 4.20. The van der Waals surface area contributed by atoms with Gasteiger partial charge in [0.1, 0.15) is 12.1 Å².